The summed E-state index contributed by atoms with van der Waals surface area (Å²) in [6, 6.07) is 7.02. The molecule has 1 aliphatic rings. The molecule has 0 atom stereocenters. The second-order valence-corrected chi connectivity index (χ2v) is 8.02. The average molecular weight is 296 g/mol. The predicted molar refractivity (Wildman–Crippen MR) is 82.4 cm³/mol. The third-order valence-corrected chi connectivity index (χ3v) is 6.29. The van der Waals surface area contributed by atoms with Gasteiger partial charge >= 0.3 is 0 Å². The smallest absolute Gasteiger partial charge is 0.242 e. The quantitative estimate of drug-likeness (QED) is 0.878. The number of anilines is 1. The fourth-order valence-electron chi connectivity index (χ4n) is 2.58. The Labute approximate surface area is 122 Å². The lowest BCUT2D eigenvalue weighted by Crippen LogP contribution is -2.35. The molecular weight excluding hydrogens is 272 g/mol. The maximum Gasteiger partial charge on any atom is 0.242 e. The molecule has 0 bridgehead atoms. The van der Waals surface area contributed by atoms with Crippen LogP contribution in [0.1, 0.15) is 32.6 Å². The number of hydrogen-bond acceptors (Lipinski definition) is 3. The molecule has 2 rings (SSSR count). The highest BCUT2D eigenvalue weighted by Crippen LogP contribution is 2.43. The van der Waals surface area contributed by atoms with Gasteiger partial charge in [0.15, 0.2) is 0 Å². The summed E-state index contributed by atoms with van der Waals surface area (Å²) >= 11 is 0. The minimum atomic E-state index is -3.33. The Morgan fingerprint density at radius 3 is 2.20 bits per heavy atom. The fraction of sp³-hybridized carbons (Fsp3) is 0.600. The van der Waals surface area contributed by atoms with Gasteiger partial charge in [0, 0.05) is 26.3 Å². The van der Waals surface area contributed by atoms with Crippen molar-refractivity contribution in [1.29, 1.82) is 0 Å². The van der Waals surface area contributed by atoms with Crippen molar-refractivity contribution in [3.63, 3.8) is 0 Å². The normalized spacial score (nSPS) is 17.8. The van der Waals surface area contributed by atoms with Crippen LogP contribution in [-0.2, 0) is 10.0 Å². The SMILES string of the molecule is CCC1(CNc2ccc(S(=O)(=O)N(C)C)cc2)CCC1. The van der Waals surface area contributed by atoms with Crippen LogP contribution in [0.5, 0.6) is 0 Å². The second-order valence-electron chi connectivity index (χ2n) is 5.87. The minimum Gasteiger partial charge on any atom is -0.384 e. The topological polar surface area (TPSA) is 49.4 Å². The van der Waals surface area contributed by atoms with Gasteiger partial charge in [0.05, 0.1) is 4.90 Å². The molecule has 1 N–H and O–H groups in total. The number of nitrogens with one attached hydrogen (secondary N) is 1. The van der Waals surface area contributed by atoms with Gasteiger partial charge in [-0.3, -0.25) is 0 Å². The van der Waals surface area contributed by atoms with Gasteiger partial charge in [-0.25, -0.2) is 12.7 Å². The monoisotopic (exact) mass is 296 g/mol. The molecule has 0 unspecified atom stereocenters. The lowest BCUT2D eigenvalue weighted by Gasteiger charge is -2.41. The zero-order valence-electron chi connectivity index (χ0n) is 12.5. The van der Waals surface area contributed by atoms with Gasteiger partial charge in [-0.2, -0.15) is 0 Å². The Morgan fingerprint density at radius 2 is 1.80 bits per heavy atom. The van der Waals surface area contributed by atoms with Crippen molar-refractivity contribution in [3.8, 4) is 0 Å². The summed E-state index contributed by atoms with van der Waals surface area (Å²) in [6.45, 7) is 3.22. The first-order valence-electron chi connectivity index (χ1n) is 7.16. The van der Waals surface area contributed by atoms with E-state index in [-0.39, 0.29) is 0 Å². The Balaban J connectivity index is 2.02. The number of rotatable bonds is 6. The number of hydrogen-bond donors (Lipinski definition) is 1. The van der Waals surface area contributed by atoms with Crippen LogP contribution in [0.4, 0.5) is 5.69 Å². The van der Waals surface area contributed by atoms with Gasteiger partial charge in [0.25, 0.3) is 0 Å². The summed E-state index contributed by atoms with van der Waals surface area (Å²) < 4.78 is 25.2. The number of benzene rings is 1. The van der Waals surface area contributed by atoms with E-state index >= 15 is 0 Å². The molecule has 0 spiro atoms. The number of nitrogens with zero attached hydrogens (tertiary/aromatic N) is 1. The predicted octanol–water partition coefficient (Wildman–Crippen LogP) is 2.93. The van der Waals surface area contributed by atoms with Crippen LogP contribution >= 0.6 is 0 Å². The Kier molecular flexibility index (Phi) is 4.39. The van der Waals surface area contributed by atoms with E-state index in [0.29, 0.717) is 10.3 Å². The van der Waals surface area contributed by atoms with Crippen molar-refractivity contribution in [2.24, 2.45) is 5.41 Å². The minimum absolute atomic E-state index is 0.335. The molecule has 0 radical (unpaired) electrons. The molecule has 1 fully saturated rings. The van der Waals surface area contributed by atoms with Crippen molar-refractivity contribution in [2.75, 3.05) is 26.0 Å². The summed E-state index contributed by atoms with van der Waals surface area (Å²) in [6.07, 6.45) is 5.12. The van der Waals surface area contributed by atoms with Crippen molar-refractivity contribution in [2.45, 2.75) is 37.5 Å². The van der Waals surface area contributed by atoms with Crippen LogP contribution in [0.25, 0.3) is 0 Å². The average Bonchev–Trinajstić information content (AvgIpc) is 2.38. The molecule has 20 heavy (non-hydrogen) atoms. The summed E-state index contributed by atoms with van der Waals surface area (Å²) in [5, 5.41) is 3.44. The zero-order chi connectivity index (χ0) is 14.8. The van der Waals surface area contributed by atoms with Crippen LogP contribution in [0.3, 0.4) is 0 Å². The van der Waals surface area contributed by atoms with Crippen LogP contribution in [0, 0.1) is 5.41 Å². The first-order valence-corrected chi connectivity index (χ1v) is 8.60. The van der Waals surface area contributed by atoms with E-state index in [1.807, 2.05) is 12.1 Å². The summed E-state index contributed by atoms with van der Waals surface area (Å²) in [5.74, 6) is 0. The van der Waals surface area contributed by atoms with E-state index in [1.165, 1.54) is 30.0 Å². The molecule has 1 aromatic carbocycles. The maximum atomic E-state index is 12.0. The van der Waals surface area contributed by atoms with Gasteiger partial charge in [0.2, 0.25) is 10.0 Å². The molecule has 1 aromatic rings. The fourth-order valence-corrected chi connectivity index (χ4v) is 3.48. The Hall–Kier alpha value is -1.07. The van der Waals surface area contributed by atoms with Crippen LogP contribution in [0.15, 0.2) is 29.2 Å². The van der Waals surface area contributed by atoms with Gasteiger partial charge < -0.3 is 5.32 Å². The van der Waals surface area contributed by atoms with E-state index in [0.717, 1.165) is 12.2 Å². The molecule has 1 aliphatic carbocycles. The molecule has 0 aliphatic heterocycles. The van der Waals surface area contributed by atoms with E-state index in [9.17, 15) is 8.42 Å². The molecule has 0 amide bonds. The highest BCUT2D eigenvalue weighted by molar-refractivity contribution is 7.89. The molecular formula is C15H24N2O2S. The van der Waals surface area contributed by atoms with Crippen molar-refractivity contribution < 1.29 is 8.42 Å². The maximum absolute atomic E-state index is 12.0. The number of sulfonamides is 1. The first kappa shape index (κ1) is 15.3. The van der Waals surface area contributed by atoms with Crippen LogP contribution < -0.4 is 5.32 Å². The summed E-state index contributed by atoms with van der Waals surface area (Å²) in [5.41, 5.74) is 1.44. The Morgan fingerprint density at radius 1 is 1.20 bits per heavy atom. The lowest BCUT2D eigenvalue weighted by molar-refractivity contribution is 0.145. The van der Waals surface area contributed by atoms with E-state index in [2.05, 4.69) is 12.2 Å². The lowest BCUT2D eigenvalue weighted by atomic mass is 9.67. The molecule has 5 heteroatoms. The van der Waals surface area contributed by atoms with Crippen LogP contribution in [0.2, 0.25) is 0 Å². The van der Waals surface area contributed by atoms with E-state index in [1.54, 1.807) is 26.2 Å². The van der Waals surface area contributed by atoms with Gasteiger partial charge in [0.1, 0.15) is 0 Å². The second kappa shape index (κ2) is 5.74. The highest BCUT2D eigenvalue weighted by Gasteiger charge is 2.34. The summed E-state index contributed by atoms with van der Waals surface area (Å²) in [4.78, 5) is 0.335. The van der Waals surface area contributed by atoms with E-state index < -0.39 is 10.0 Å². The van der Waals surface area contributed by atoms with E-state index in [4.69, 9.17) is 0 Å². The molecule has 0 saturated heterocycles. The molecule has 0 heterocycles. The first-order chi connectivity index (χ1) is 9.39. The standard InChI is InChI=1S/C15H24N2O2S/c1-4-15(10-5-11-15)12-16-13-6-8-14(9-7-13)20(18,19)17(2)3/h6-9,16H,4-5,10-12H2,1-3H3. The summed E-state index contributed by atoms with van der Waals surface area (Å²) in [7, 11) is -0.240. The zero-order valence-corrected chi connectivity index (χ0v) is 13.3. The van der Waals surface area contributed by atoms with Crippen LogP contribution in [-0.4, -0.2) is 33.4 Å². The van der Waals surface area contributed by atoms with Crippen molar-refractivity contribution >= 4 is 15.7 Å². The molecule has 4 nitrogen and oxygen atoms in total. The largest absolute Gasteiger partial charge is 0.384 e. The Bertz CT molecular complexity index is 540. The van der Waals surface area contributed by atoms with Gasteiger partial charge in [-0.1, -0.05) is 13.3 Å². The van der Waals surface area contributed by atoms with Crippen molar-refractivity contribution in [1.82, 2.24) is 4.31 Å². The highest BCUT2D eigenvalue weighted by atomic mass is 32.2. The molecule has 0 aromatic heterocycles. The third-order valence-electron chi connectivity index (χ3n) is 4.46. The molecule has 1 saturated carbocycles. The van der Waals surface area contributed by atoms with Crippen molar-refractivity contribution in [3.05, 3.63) is 24.3 Å². The van der Waals surface area contributed by atoms with Gasteiger partial charge in [-0.05, 0) is 48.9 Å². The molecule has 112 valence electrons. The van der Waals surface area contributed by atoms with Gasteiger partial charge in [-0.15, -0.1) is 0 Å². The third kappa shape index (κ3) is 2.99.